The summed E-state index contributed by atoms with van der Waals surface area (Å²) < 4.78 is 17.7. The molecule has 4 aromatic rings. The van der Waals surface area contributed by atoms with Crippen LogP contribution in [0.2, 0.25) is 0 Å². The molecule has 0 saturated carbocycles. The summed E-state index contributed by atoms with van der Waals surface area (Å²) >= 11 is 0. The van der Waals surface area contributed by atoms with Gasteiger partial charge in [-0.15, -0.1) is 6.07 Å². The summed E-state index contributed by atoms with van der Waals surface area (Å²) in [7, 11) is 0. The maximum absolute atomic E-state index is 8.96. The molecule has 5 heterocycles. The molecule has 0 N–H and O–H groups in total. The fourth-order valence-corrected chi connectivity index (χ4v) is 2.96. The molecule has 31 heavy (non-hydrogen) atoms. The van der Waals surface area contributed by atoms with Crippen molar-refractivity contribution in [3.05, 3.63) is 66.2 Å². The maximum Gasteiger partial charge on any atom is 2.00 e. The zero-order valence-electron chi connectivity index (χ0n) is 15.7. The molecule has 1 fully saturated rings. The van der Waals surface area contributed by atoms with Crippen LogP contribution in [-0.4, -0.2) is 52.3 Å². The summed E-state index contributed by atoms with van der Waals surface area (Å²) in [5.74, 6) is 1.09. The van der Waals surface area contributed by atoms with Crippen LogP contribution in [0.3, 0.4) is 0 Å². The number of nitriles is 1. The molecule has 4 aromatic heterocycles. The zero-order valence-corrected chi connectivity index (χ0v) is 18.0. The largest absolute Gasteiger partial charge is 2.00 e. The minimum atomic E-state index is -1.45. The van der Waals surface area contributed by atoms with Crippen LogP contribution >= 0.6 is 0 Å². The van der Waals surface area contributed by atoms with Gasteiger partial charge in [-0.2, -0.15) is 0 Å². The number of aromatic nitrogens is 8. The first-order valence-electron chi connectivity index (χ1n) is 8.86. The summed E-state index contributed by atoms with van der Waals surface area (Å²) in [5, 5.41) is 26.1. The van der Waals surface area contributed by atoms with Gasteiger partial charge in [-0.05, 0) is 23.8 Å². The van der Waals surface area contributed by atoms with E-state index in [2.05, 4.69) is 37.6 Å². The summed E-state index contributed by atoms with van der Waals surface area (Å²) in [6, 6.07) is 6.85. The first kappa shape index (κ1) is 20.7. The predicted molar refractivity (Wildman–Crippen MR) is 97.2 cm³/mol. The molecule has 0 aliphatic carbocycles. The van der Waals surface area contributed by atoms with Crippen molar-refractivity contribution in [2.75, 3.05) is 13.2 Å². The van der Waals surface area contributed by atoms with Crippen LogP contribution in [0, 0.1) is 30.3 Å². The van der Waals surface area contributed by atoms with E-state index in [0.717, 1.165) is 6.42 Å². The molecule has 0 spiro atoms. The number of hydrogen-bond donors (Lipinski definition) is 0. The zero-order chi connectivity index (χ0) is 20.6. The quantitative estimate of drug-likeness (QED) is 0.324. The fourth-order valence-electron chi connectivity index (χ4n) is 2.96. The molecule has 1 aliphatic heterocycles. The van der Waals surface area contributed by atoms with Gasteiger partial charge in [-0.3, -0.25) is 0 Å². The van der Waals surface area contributed by atoms with Crippen molar-refractivity contribution in [3.8, 4) is 17.7 Å². The van der Waals surface area contributed by atoms with E-state index in [9.17, 15) is 0 Å². The number of nitrogens with zero attached hydrogens (tertiary/aromatic N) is 10. The Labute approximate surface area is 190 Å². The molecule has 1 saturated heterocycles. The van der Waals surface area contributed by atoms with Crippen molar-refractivity contribution in [3.63, 3.8) is 0 Å². The standard InChI is InChI=1S/C18H12N10O2.Pt/c1-20-15-4-8-26(22-15)17-6-10-28(24-17)18(29-11-2-12-30-18)27-9-5-16(23-27)25-7-3-14(13-19)21-25;/h3-6,9-10H,2,11-12H2;/q-2;+2. The Bertz CT molecular complexity index is 1190. The average Bonchev–Trinajstić information content (AvgIpc) is 3.58. The molecule has 5 rings (SSSR count). The minimum absolute atomic E-state index is 0. The van der Waals surface area contributed by atoms with Gasteiger partial charge in [0.05, 0.1) is 36.6 Å². The van der Waals surface area contributed by atoms with Crippen LogP contribution in [0.4, 0.5) is 5.82 Å². The van der Waals surface area contributed by atoms with Crippen molar-refractivity contribution in [2.45, 2.75) is 12.5 Å². The minimum Gasteiger partial charge on any atom is -0.341 e. The van der Waals surface area contributed by atoms with Gasteiger partial charge in [-0.25, -0.2) is 34.6 Å². The first-order valence-corrected chi connectivity index (χ1v) is 8.86. The maximum atomic E-state index is 8.96. The molecule has 0 bridgehead atoms. The molecule has 0 aromatic carbocycles. The molecule has 0 unspecified atom stereocenters. The third-order valence-electron chi connectivity index (χ3n) is 4.31. The van der Waals surface area contributed by atoms with Gasteiger partial charge in [0.15, 0.2) is 0 Å². The van der Waals surface area contributed by atoms with Crippen molar-refractivity contribution in [1.82, 2.24) is 39.1 Å². The van der Waals surface area contributed by atoms with Crippen LogP contribution in [0.5, 0.6) is 0 Å². The Morgan fingerprint density at radius 3 is 2.16 bits per heavy atom. The molecule has 0 amide bonds. The Morgan fingerprint density at radius 2 is 1.61 bits per heavy atom. The predicted octanol–water partition coefficient (Wildman–Crippen LogP) is 1.02. The van der Waals surface area contributed by atoms with Crippen molar-refractivity contribution >= 4 is 5.82 Å². The molecule has 13 heteroatoms. The third kappa shape index (κ3) is 3.57. The van der Waals surface area contributed by atoms with Crippen molar-refractivity contribution < 1.29 is 30.5 Å². The van der Waals surface area contributed by atoms with E-state index in [0.29, 0.717) is 24.8 Å². The molecular weight excluding hydrogens is 583 g/mol. The summed E-state index contributed by atoms with van der Waals surface area (Å²) in [6.07, 6.45) is 9.75. The molecule has 12 nitrogen and oxygen atoms in total. The van der Waals surface area contributed by atoms with E-state index < -0.39 is 6.03 Å². The fraction of sp³-hybridized carbons (Fsp3) is 0.222. The van der Waals surface area contributed by atoms with Crippen molar-refractivity contribution in [2.24, 2.45) is 0 Å². The number of rotatable bonds is 4. The molecule has 0 atom stereocenters. The molecule has 156 valence electrons. The van der Waals surface area contributed by atoms with Gasteiger partial charge in [0.2, 0.25) is 0 Å². The van der Waals surface area contributed by atoms with E-state index in [1.807, 2.05) is 6.07 Å². The van der Waals surface area contributed by atoms with Gasteiger partial charge >= 0.3 is 32.9 Å². The van der Waals surface area contributed by atoms with Gasteiger partial charge in [0.25, 0.3) is 0 Å². The molecular formula is C18H12N10O2Pt. The van der Waals surface area contributed by atoms with Gasteiger partial charge < -0.3 is 19.0 Å². The van der Waals surface area contributed by atoms with E-state index in [1.54, 1.807) is 24.5 Å². The van der Waals surface area contributed by atoms with E-state index in [4.69, 9.17) is 21.3 Å². The smallest absolute Gasteiger partial charge is 0.341 e. The monoisotopic (exact) mass is 595 g/mol. The summed E-state index contributed by atoms with van der Waals surface area (Å²) in [4.78, 5) is 3.27. The van der Waals surface area contributed by atoms with E-state index >= 15 is 0 Å². The molecule has 0 radical (unpaired) electrons. The van der Waals surface area contributed by atoms with Crippen LogP contribution in [0.15, 0.2) is 36.7 Å². The molecule has 1 aliphatic rings. The van der Waals surface area contributed by atoms with Crippen molar-refractivity contribution in [1.29, 1.82) is 5.26 Å². The summed E-state index contributed by atoms with van der Waals surface area (Å²) in [6.45, 7) is 7.91. The number of ether oxygens (including phenoxy) is 2. The topological polar surface area (TPSA) is 118 Å². The Morgan fingerprint density at radius 1 is 1.00 bits per heavy atom. The van der Waals surface area contributed by atoms with Crippen LogP contribution < -0.4 is 0 Å². The SMILES string of the molecule is [C-]#[N+]c1c[c-]n(-c2ccn(C3(n4ccc(-n5[c-]cc(C#N)n5)n4)OCCCO3)n2)n1.[Pt+2]. The second-order valence-corrected chi connectivity index (χ2v) is 6.17. The number of hydrogen-bond acceptors (Lipinski definition) is 7. The van der Waals surface area contributed by atoms with Crippen LogP contribution in [0.25, 0.3) is 16.5 Å². The Balaban J connectivity index is 0.00000231. The Kier molecular flexibility index (Phi) is 5.53. The van der Waals surface area contributed by atoms with E-state index in [-0.39, 0.29) is 32.6 Å². The first-order chi connectivity index (χ1) is 14.7. The van der Waals surface area contributed by atoms with Gasteiger partial charge in [0, 0.05) is 12.4 Å². The van der Waals surface area contributed by atoms with E-state index in [1.165, 1.54) is 30.9 Å². The van der Waals surface area contributed by atoms with Crippen LogP contribution in [-0.2, 0) is 36.6 Å². The summed E-state index contributed by atoms with van der Waals surface area (Å²) in [5.41, 5.74) is 0.232. The van der Waals surface area contributed by atoms with Crippen LogP contribution in [0.1, 0.15) is 12.1 Å². The normalized spacial score (nSPS) is 15.0. The Hall–Kier alpha value is -3.57. The van der Waals surface area contributed by atoms with Gasteiger partial charge in [-0.1, -0.05) is 24.9 Å². The second kappa shape index (κ2) is 8.28. The average molecular weight is 595 g/mol. The third-order valence-corrected chi connectivity index (χ3v) is 4.31. The van der Waals surface area contributed by atoms with Gasteiger partial charge in [0.1, 0.15) is 0 Å². The second-order valence-electron chi connectivity index (χ2n) is 6.17.